The van der Waals surface area contributed by atoms with Gasteiger partial charge in [-0.3, -0.25) is 9.71 Å². The van der Waals surface area contributed by atoms with E-state index in [9.17, 15) is 13.5 Å². The van der Waals surface area contributed by atoms with Crippen LogP contribution in [0.15, 0.2) is 106 Å². The Morgan fingerprint density at radius 3 is 2.40 bits per heavy atom. The van der Waals surface area contributed by atoms with E-state index in [-0.39, 0.29) is 10.6 Å². The van der Waals surface area contributed by atoms with Crippen molar-refractivity contribution in [3.63, 3.8) is 0 Å². The quantitative estimate of drug-likeness (QED) is 0.235. The fourth-order valence-electron chi connectivity index (χ4n) is 4.10. The van der Waals surface area contributed by atoms with Crippen LogP contribution in [0.2, 0.25) is 0 Å². The van der Waals surface area contributed by atoms with Crippen molar-refractivity contribution in [2.24, 2.45) is 0 Å². The molecule has 4 aromatic carbocycles. The van der Waals surface area contributed by atoms with Crippen LogP contribution in [0.4, 0.5) is 5.69 Å². The van der Waals surface area contributed by atoms with Crippen LogP contribution in [0.25, 0.3) is 21.7 Å². The van der Waals surface area contributed by atoms with Crippen molar-refractivity contribution in [3.05, 3.63) is 96.7 Å². The van der Waals surface area contributed by atoms with E-state index in [0.717, 1.165) is 34.2 Å². The Kier molecular flexibility index (Phi) is 6.36. The van der Waals surface area contributed by atoms with Crippen LogP contribution in [-0.4, -0.2) is 18.5 Å². The molecule has 0 saturated heterocycles. The highest BCUT2D eigenvalue weighted by Gasteiger charge is 2.19. The molecule has 0 atom stereocenters. The third-order valence-electron chi connectivity index (χ3n) is 5.81. The van der Waals surface area contributed by atoms with Crippen LogP contribution < -0.4 is 4.72 Å². The molecule has 0 aliphatic rings. The van der Waals surface area contributed by atoms with Gasteiger partial charge in [0.2, 0.25) is 0 Å². The zero-order valence-electron chi connectivity index (χ0n) is 19.1. The molecule has 0 saturated carbocycles. The maximum Gasteiger partial charge on any atom is 0.261 e. The molecule has 0 radical (unpaired) electrons. The maximum atomic E-state index is 13.3. The molecule has 7 heteroatoms. The number of aromatic hydroxyl groups is 1. The van der Waals surface area contributed by atoms with Gasteiger partial charge in [-0.25, -0.2) is 8.42 Å². The van der Waals surface area contributed by atoms with Crippen LogP contribution in [0.3, 0.4) is 0 Å². The second-order valence-corrected chi connectivity index (χ2v) is 11.0. The number of aryl methyl sites for hydroxylation is 1. The Balaban J connectivity index is 1.57. The van der Waals surface area contributed by atoms with Crippen molar-refractivity contribution in [2.75, 3.05) is 4.72 Å². The number of anilines is 1. The molecule has 1 heterocycles. The number of benzene rings is 4. The molecule has 0 fully saturated rings. The number of sulfonamides is 1. The van der Waals surface area contributed by atoms with Crippen molar-refractivity contribution in [1.29, 1.82) is 0 Å². The molecule has 2 N–H and O–H groups in total. The number of hydrogen-bond acceptors (Lipinski definition) is 5. The number of nitrogens with one attached hydrogen (secondary N) is 1. The molecule has 0 aliphatic carbocycles. The lowest BCUT2D eigenvalue weighted by Crippen LogP contribution is -2.13. The number of pyridine rings is 1. The Morgan fingerprint density at radius 1 is 0.886 bits per heavy atom. The van der Waals surface area contributed by atoms with Gasteiger partial charge in [0.05, 0.1) is 21.0 Å². The summed E-state index contributed by atoms with van der Waals surface area (Å²) >= 11 is 1.35. The van der Waals surface area contributed by atoms with Crippen LogP contribution in [-0.2, 0) is 16.4 Å². The summed E-state index contributed by atoms with van der Waals surface area (Å²) in [5, 5.41) is 13.3. The lowest BCUT2D eigenvalue weighted by molar-refractivity contribution is 0.469. The predicted octanol–water partition coefficient (Wildman–Crippen LogP) is 7.00. The van der Waals surface area contributed by atoms with E-state index in [2.05, 4.69) is 16.6 Å². The van der Waals surface area contributed by atoms with Gasteiger partial charge in [-0.05, 0) is 42.3 Å². The second kappa shape index (κ2) is 9.60. The van der Waals surface area contributed by atoms with Gasteiger partial charge in [-0.2, -0.15) is 0 Å². The number of rotatable bonds is 7. The number of hydrogen-bond donors (Lipinski definition) is 2. The number of aromatic nitrogens is 1. The first-order valence-corrected chi connectivity index (χ1v) is 13.6. The molecule has 1 aromatic heterocycles. The largest absolute Gasteiger partial charge is 0.506 e. The van der Waals surface area contributed by atoms with Crippen LogP contribution in [0.5, 0.6) is 5.75 Å². The smallest absolute Gasteiger partial charge is 0.261 e. The van der Waals surface area contributed by atoms with Gasteiger partial charge in [0.25, 0.3) is 10.0 Å². The summed E-state index contributed by atoms with van der Waals surface area (Å²) in [5.74, 6) is 0.102. The minimum absolute atomic E-state index is 0.102. The first kappa shape index (κ1) is 23.2. The van der Waals surface area contributed by atoms with Gasteiger partial charge in [-0.15, -0.1) is 0 Å². The summed E-state index contributed by atoms with van der Waals surface area (Å²) in [6, 6.07) is 25.6. The first-order chi connectivity index (χ1) is 17.0. The molecule has 0 spiro atoms. The summed E-state index contributed by atoms with van der Waals surface area (Å²) < 4.78 is 29.3. The van der Waals surface area contributed by atoms with E-state index in [1.165, 1.54) is 11.8 Å². The highest BCUT2D eigenvalue weighted by Crippen LogP contribution is 2.44. The van der Waals surface area contributed by atoms with Crippen molar-refractivity contribution in [1.82, 2.24) is 4.98 Å². The number of fused-ring (bicyclic) bond motifs is 2. The average molecular weight is 501 g/mol. The molecule has 35 heavy (non-hydrogen) atoms. The summed E-state index contributed by atoms with van der Waals surface area (Å²) in [4.78, 5) is 6.10. The molecule has 176 valence electrons. The Bertz CT molecular complexity index is 1630. The van der Waals surface area contributed by atoms with Gasteiger partial charge in [0, 0.05) is 27.3 Å². The lowest BCUT2D eigenvalue weighted by Gasteiger charge is -2.15. The molecule has 0 unspecified atom stereocenters. The molecule has 5 rings (SSSR count). The highest BCUT2D eigenvalue weighted by atomic mass is 32.2. The summed E-state index contributed by atoms with van der Waals surface area (Å²) in [6.45, 7) is 2.09. The van der Waals surface area contributed by atoms with Crippen molar-refractivity contribution < 1.29 is 13.5 Å². The predicted molar refractivity (Wildman–Crippen MR) is 143 cm³/mol. The third-order valence-corrected chi connectivity index (χ3v) is 8.28. The van der Waals surface area contributed by atoms with E-state index >= 15 is 0 Å². The van der Waals surface area contributed by atoms with E-state index in [4.69, 9.17) is 0 Å². The van der Waals surface area contributed by atoms with Crippen molar-refractivity contribution in [2.45, 2.75) is 34.5 Å². The van der Waals surface area contributed by atoms with Gasteiger partial charge in [0.1, 0.15) is 5.75 Å². The molecule has 5 aromatic rings. The third kappa shape index (κ3) is 4.70. The number of nitrogens with zero attached hydrogens (tertiary/aromatic N) is 1. The fraction of sp³-hybridized carbons (Fsp3) is 0.107. The zero-order valence-corrected chi connectivity index (χ0v) is 20.7. The van der Waals surface area contributed by atoms with Crippen LogP contribution >= 0.6 is 11.8 Å². The number of phenols is 1. The molecule has 0 amide bonds. The van der Waals surface area contributed by atoms with Crippen molar-refractivity contribution >= 4 is 49.1 Å². The molecule has 0 aliphatic heterocycles. The first-order valence-electron chi connectivity index (χ1n) is 11.3. The SMILES string of the molecule is CCCc1ccc(S(=O)(=O)Nc2cc(Sc3cccc4cccnc34)c(O)c3ccccc23)cc1. The Labute approximate surface area is 208 Å². The highest BCUT2D eigenvalue weighted by molar-refractivity contribution is 7.99. The average Bonchev–Trinajstić information content (AvgIpc) is 2.87. The number of para-hydroxylation sites is 1. The normalized spacial score (nSPS) is 11.7. The summed E-state index contributed by atoms with van der Waals surface area (Å²) in [5.41, 5.74) is 2.33. The molecule has 0 bridgehead atoms. The van der Waals surface area contributed by atoms with E-state index in [1.54, 1.807) is 36.5 Å². The lowest BCUT2D eigenvalue weighted by atomic mass is 10.1. The Hall–Kier alpha value is -3.55. The zero-order chi connectivity index (χ0) is 24.4. The van der Waals surface area contributed by atoms with Gasteiger partial charge >= 0.3 is 0 Å². The minimum Gasteiger partial charge on any atom is -0.506 e. The minimum atomic E-state index is -3.83. The second-order valence-electron chi connectivity index (χ2n) is 8.25. The fourth-order valence-corrected chi connectivity index (χ4v) is 6.21. The van der Waals surface area contributed by atoms with E-state index in [0.29, 0.717) is 21.4 Å². The monoisotopic (exact) mass is 500 g/mol. The Morgan fingerprint density at radius 2 is 1.63 bits per heavy atom. The summed E-state index contributed by atoms with van der Waals surface area (Å²) in [7, 11) is -3.83. The van der Waals surface area contributed by atoms with Gasteiger partial charge in [0.15, 0.2) is 0 Å². The van der Waals surface area contributed by atoms with Crippen molar-refractivity contribution in [3.8, 4) is 5.75 Å². The maximum absolute atomic E-state index is 13.3. The molecular weight excluding hydrogens is 476 g/mol. The van der Waals surface area contributed by atoms with Gasteiger partial charge < -0.3 is 5.11 Å². The number of phenolic OH excluding ortho intramolecular Hbond substituents is 1. The topological polar surface area (TPSA) is 79.3 Å². The van der Waals surface area contributed by atoms with E-state index < -0.39 is 10.0 Å². The molecular formula is C28H24N2O3S2. The van der Waals surface area contributed by atoms with Gasteiger partial charge in [-0.1, -0.05) is 79.7 Å². The van der Waals surface area contributed by atoms with Crippen LogP contribution in [0.1, 0.15) is 18.9 Å². The standard InChI is InChI=1S/C28H24N2O3S2/c1-2-7-19-13-15-21(16-14-19)35(32,33)30-24-18-26(28(31)23-11-4-3-10-22(23)24)34-25-12-5-8-20-9-6-17-29-27(20)25/h3-6,8-18,30-31H,2,7H2,1H3. The van der Waals surface area contributed by atoms with Crippen LogP contribution in [0, 0.1) is 0 Å². The molecule has 5 nitrogen and oxygen atoms in total. The van der Waals surface area contributed by atoms with E-state index in [1.807, 2.05) is 54.6 Å². The summed E-state index contributed by atoms with van der Waals surface area (Å²) in [6.07, 6.45) is 3.63.